The maximum absolute atomic E-state index is 12.3. The van der Waals surface area contributed by atoms with Gasteiger partial charge in [0.2, 0.25) is 0 Å². The van der Waals surface area contributed by atoms with Crippen LogP contribution in [0.2, 0.25) is 0 Å². The van der Waals surface area contributed by atoms with Crippen molar-refractivity contribution in [1.82, 2.24) is 15.1 Å². The van der Waals surface area contributed by atoms with Crippen LogP contribution in [0, 0.1) is 0 Å². The van der Waals surface area contributed by atoms with E-state index in [0.717, 1.165) is 38.8 Å². The number of carbonyl (C=O) groups excluding carboxylic acids is 2. The number of ether oxygens (including phenoxy) is 3. The van der Waals surface area contributed by atoms with Crippen LogP contribution in [-0.2, 0) is 14.2 Å². The summed E-state index contributed by atoms with van der Waals surface area (Å²) in [5.41, 5.74) is -0.307. The Kier molecular flexibility index (Phi) is 4.49. The molecule has 4 aliphatic heterocycles. The van der Waals surface area contributed by atoms with Crippen LogP contribution in [-0.4, -0.2) is 85.2 Å². The summed E-state index contributed by atoms with van der Waals surface area (Å²) in [5, 5.41) is 2.78. The topological polar surface area (TPSA) is 80.3 Å². The molecule has 8 nitrogen and oxygen atoms in total. The molecule has 4 heterocycles. The summed E-state index contributed by atoms with van der Waals surface area (Å²) in [6.45, 7) is 5.90. The molecule has 140 valence electrons. The smallest absolute Gasteiger partial charge is 0.410 e. The van der Waals surface area contributed by atoms with Gasteiger partial charge in [-0.1, -0.05) is 0 Å². The molecule has 4 fully saturated rings. The molecule has 1 N–H and O–H groups in total. The first-order valence-corrected chi connectivity index (χ1v) is 9.34. The summed E-state index contributed by atoms with van der Waals surface area (Å²) in [5.74, 6) is 0. The van der Waals surface area contributed by atoms with Gasteiger partial charge in [-0.05, 0) is 19.8 Å². The number of alkyl carbamates (subject to hydrolysis) is 1. The third-order valence-corrected chi connectivity index (χ3v) is 6.06. The van der Waals surface area contributed by atoms with Crippen molar-refractivity contribution in [3.05, 3.63) is 0 Å². The van der Waals surface area contributed by atoms with Crippen LogP contribution in [0.25, 0.3) is 0 Å². The molecule has 25 heavy (non-hydrogen) atoms. The monoisotopic (exact) mass is 353 g/mol. The molecule has 2 bridgehead atoms. The van der Waals surface area contributed by atoms with Gasteiger partial charge >= 0.3 is 12.2 Å². The molecule has 0 aliphatic carbocycles. The number of nitrogens with zero attached hydrogens (tertiary/aromatic N) is 2. The third kappa shape index (κ3) is 3.17. The number of piperidine rings is 2. The van der Waals surface area contributed by atoms with Gasteiger partial charge in [0.25, 0.3) is 0 Å². The second kappa shape index (κ2) is 6.64. The Morgan fingerprint density at radius 3 is 2.48 bits per heavy atom. The van der Waals surface area contributed by atoms with Crippen molar-refractivity contribution < 1.29 is 23.8 Å². The summed E-state index contributed by atoms with van der Waals surface area (Å²) in [6, 6.07) is 0.642. The van der Waals surface area contributed by atoms with Crippen LogP contribution >= 0.6 is 0 Å². The van der Waals surface area contributed by atoms with Crippen molar-refractivity contribution in [3.8, 4) is 0 Å². The zero-order chi connectivity index (χ0) is 17.4. The zero-order valence-corrected chi connectivity index (χ0v) is 14.7. The molecule has 4 aliphatic rings. The Morgan fingerprint density at radius 2 is 1.92 bits per heavy atom. The van der Waals surface area contributed by atoms with E-state index in [1.165, 1.54) is 0 Å². The van der Waals surface area contributed by atoms with Gasteiger partial charge in [0.1, 0.15) is 5.60 Å². The quantitative estimate of drug-likeness (QED) is 0.796. The molecular weight excluding hydrogens is 326 g/mol. The van der Waals surface area contributed by atoms with Gasteiger partial charge in [0.15, 0.2) is 0 Å². The number of morpholine rings is 1. The molecule has 4 saturated heterocycles. The van der Waals surface area contributed by atoms with Crippen molar-refractivity contribution in [2.24, 2.45) is 0 Å². The van der Waals surface area contributed by atoms with E-state index in [2.05, 4.69) is 10.2 Å². The number of fused-ring (bicyclic) bond motifs is 2. The first-order valence-electron chi connectivity index (χ1n) is 9.34. The maximum atomic E-state index is 12.3. The Morgan fingerprint density at radius 1 is 1.24 bits per heavy atom. The number of hydrogen-bond acceptors (Lipinski definition) is 6. The van der Waals surface area contributed by atoms with Gasteiger partial charge in [0, 0.05) is 32.0 Å². The second-order valence-corrected chi connectivity index (χ2v) is 7.54. The SMILES string of the molecule is CCOC(=O)N1C2COCC1CC(N1CCC3(CC1)CNC(=O)O3)C2. The van der Waals surface area contributed by atoms with Crippen LogP contribution < -0.4 is 5.32 Å². The number of likely N-dealkylation sites (tertiary alicyclic amines) is 1. The van der Waals surface area contributed by atoms with Gasteiger partial charge in [-0.3, -0.25) is 9.80 Å². The Bertz CT molecular complexity index is 520. The van der Waals surface area contributed by atoms with Gasteiger partial charge in [-0.15, -0.1) is 0 Å². The lowest BCUT2D eigenvalue weighted by molar-refractivity contribution is -0.0933. The highest BCUT2D eigenvalue weighted by Gasteiger charge is 2.47. The van der Waals surface area contributed by atoms with E-state index in [9.17, 15) is 9.59 Å². The predicted molar refractivity (Wildman–Crippen MR) is 88.3 cm³/mol. The minimum absolute atomic E-state index is 0.0958. The lowest BCUT2D eigenvalue weighted by Crippen LogP contribution is -2.63. The van der Waals surface area contributed by atoms with Crippen molar-refractivity contribution >= 4 is 12.2 Å². The lowest BCUT2D eigenvalue weighted by Gasteiger charge is -2.51. The van der Waals surface area contributed by atoms with Crippen LogP contribution in [0.3, 0.4) is 0 Å². The van der Waals surface area contributed by atoms with Gasteiger partial charge in [-0.25, -0.2) is 9.59 Å². The first kappa shape index (κ1) is 16.9. The molecule has 2 atom stereocenters. The molecule has 2 amide bonds. The molecule has 0 aromatic heterocycles. The number of hydrogen-bond donors (Lipinski definition) is 1. The van der Waals surface area contributed by atoms with Crippen LogP contribution in [0.1, 0.15) is 32.6 Å². The van der Waals surface area contributed by atoms with Gasteiger partial charge in [-0.2, -0.15) is 0 Å². The average molecular weight is 353 g/mol. The summed E-state index contributed by atoms with van der Waals surface area (Å²) in [6.07, 6.45) is 3.08. The predicted octanol–water partition coefficient (Wildman–Crippen LogP) is 0.949. The standard InChI is InChI=1S/C17H27N3O5/c1-2-24-16(22)20-13-7-12(8-14(20)10-23-9-13)19-5-3-17(4-6-19)11-18-15(21)25-17/h12-14H,2-11H2,1H3,(H,18,21). The Labute approximate surface area is 147 Å². The highest BCUT2D eigenvalue weighted by Crippen LogP contribution is 2.35. The molecule has 0 radical (unpaired) electrons. The minimum Gasteiger partial charge on any atom is -0.450 e. The Balaban J connectivity index is 1.37. The number of carbonyl (C=O) groups is 2. The van der Waals surface area contributed by atoms with Crippen molar-refractivity contribution in [3.63, 3.8) is 0 Å². The van der Waals surface area contributed by atoms with Crippen LogP contribution in [0.15, 0.2) is 0 Å². The average Bonchev–Trinajstić information content (AvgIpc) is 2.95. The maximum Gasteiger partial charge on any atom is 0.410 e. The van der Waals surface area contributed by atoms with Crippen molar-refractivity contribution in [2.45, 2.75) is 56.3 Å². The minimum atomic E-state index is -0.307. The molecule has 4 rings (SSSR count). The van der Waals surface area contributed by atoms with Crippen LogP contribution in [0.5, 0.6) is 0 Å². The fraction of sp³-hybridized carbons (Fsp3) is 0.882. The van der Waals surface area contributed by atoms with Gasteiger partial charge < -0.3 is 19.5 Å². The largest absolute Gasteiger partial charge is 0.450 e. The third-order valence-electron chi connectivity index (χ3n) is 6.06. The van der Waals surface area contributed by atoms with Crippen LogP contribution in [0.4, 0.5) is 9.59 Å². The zero-order valence-electron chi connectivity index (χ0n) is 14.7. The van der Waals surface area contributed by atoms with E-state index in [1.54, 1.807) is 0 Å². The normalized spacial score (nSPS) is 34.5. The fourth-order valence-corrected chi connectivity index (χ4v) is 4.76. The number of rotatable bonds is 2. The van der Waals surface area contributed by atoms with E-state index in [1.807, 2.05) is 11.8 Å². The van der Waals surface area contributed by atoms with E-state index >= 15 is 0 Å². The molecule has 0 aromatic rings. The van der Waals surface area contributed by atoms with E-state index < -0.39 is 0 Å². The fourth-order valence-electron chi connectivity index (χ4n) is 4.76. The summed E-state index contributed by atoms with van der Waals surface area (Å²) < 4.78 is 16.4. The highest BCUT2D eigenvalue weighted by atomic mass is 16.6. The van der Waals surface area contributed by atoms with Crippen molar-refractivity contribution in [2.75, 3.05) is 39.5 Å². The molecule has 0 saturated carbocycles. The van der Waals surface area contributed by atoms with E-state index in [-0.39, 0.29) is 29.9 Å². The van der Waals surface area contributed by atoms with Gasteiger partial charge in [0.05, 0.1) is 38.4 Å². The summed E-state index contributed by atoms with van der Waals surface area (Å²) in [7, 11) is 0. The molecule has 0 aromatic carbocycles. The van der Waals surface area contributed by atoms with Crippen molar-refractivity contribution in [1.29, 1.82) is 0 Å². The van der Waals surface area contributed by atoms with E-state index in [0.29, 0.717) is 32.4 Å². The molecule has 1 spiro atoms. The second-order valence-electron chi connectivity index (χ2n) is 7.54. The molecule has 8 heteroatoms. The lowest BCUT2D eigenvalue weighted by atomic mass is 9.85. The summed E-state index contributed by atoms with van der Waals surface area (Å²) in [4.78, 5) is 28.1. The summed E-state index contributed by atoms with van der Waals surface area (Å²) >= 11 is 0. The Hall–Kier alpha value is -1.54. The first-order chi connectivity index (χ1) is 12.1. The number of amides is 2. The van der Waals surface area contributed by atoms with E-state index in [4.69, 9.17) is 14.2 Å². The molecular formula is C17H27N3O5. The molecule has 2 unspecified atom stereocenters. The highest BCUT2D eigenvalue weighted by molar-refractivity contribution is 5.70. The number of nitrogens with one attached hydrogen (secondary N) is 1.